The van der Waals surface area contributed by atoms with E-state index in [0.717, 1.165) is 22.0 Å². The first-order valence-electron chi connectivity index (χ1n) is 9.59. The molecule has 4 aromatic rings. The number of hydrogen-bond donors (Lipinski definition) is 1. The van der Waals surface area contributed by atoms with Gasteiger partial charge in [0, 0.05) is 18.0 Å². The molecule has 0 radical (unpaired) electrons. The summed E-state index contributed by atoms with van der Waals surface area (Å²) in [5.74, 6) is 0.294. The van der Waals surface area contributed by atoms with Crippen molar-refractivity contribution in [2.24, 2.45) is 0 Å². The third-order valence-electron chi connectivity index (χ3n) is 4.70. The van der Waals surface area contributed by atoms with Crippen LogP contribution in [-0.2, 0) is 13.2 Å². The fourth-order valence-electron chi connectivity index (χ4n) is 3.24. The molecule has 144 valence electrons. The highest BCUT2D eigenvalue weighted by Crippen LogP contribution is 2.23. The third kappa shape index (κ3) is 4.61. The van der Waals surface area contributed by atoms with Crippen molar-refractivity contribution in [2.45, 2.75) is 20.1 Å². The number of carbonyl (C=O) groups is 1. The first kappa shape index (κ1) is 18.7. The van der Waals surface area contributed by atoms with Crippen LogP contribution in [0.1, 0.15) is 27.0 Å². The monoisotopic (exact) mass is 382 g/mol. The largest absolute Gasteiger partial charge is 0.473 e. The zero-order valence-corrected chi connectivity index (χ0v) is 16.3. The Morgan fingerprint density at radius 1 is 0.897 bits per heavy atom. The van der Waals surface area contributed by atoms with Gasteiger partial charge in [-0.05, 0) is 24.1 Å². The van der Waals surface area contributed by atoms with E-state index >= 15 is 0 Å². The molecule has 0 fully saturated rings. The van der Waals surface area contributed by atoms with Gasteiger partial charge >= 0.3 is 0 Å². The summed E-state index contributed by atoms with van der Waals surface area (Å²) in [4.78, 5) is 17.5. The first-order valence-corrected chi connectivity index (χ1v) is 9.59. The van der Waals surface area contributed by atoms with Gasteiger partial charge in [0.25, 0.3) is 5.91 Å². The highest BCUT2D eigenvalue weighted by atomic mass is 16.5. The molecule has 1 amide bonds. The summed E-state index contributed by atoms with van der Waals surface area (Å²) in [6.07, 6.45) is 0. The third-order valence-corrected chi connectivity index (χ3v) is 4.70. The van der Waals surface area contributed by atoms with Crippen LogP contribution < -0.4 is 10.1 Å². The Kier molecular flexibility index (Phi) is 5.52. The van der Waals surface area contributed by atoms with Gasteiger partial charge in [0.2, 0.25) is 5.88 Å². The zero-order chi connectivity index (χ0) is 20.1. The molecule has 4 rings (SSSR count). The molecule has 0 aliphatic heterocycles. The molecule has 0 unspecified atom stereocenters. The van der Waals surface area contributed by atoms with E-state index in [-0.39, 0.29) is 5.91 Å². The molecule has 1 N–H and O–H groups in total. The van der Waals surface area contributed by atoms with Crippen molar-refractivity contribution in [2.75, 3.05) is 0 Å². The molecule has 1 aromatic heterocycles. The maximum Gasteiger partial charge on any atom is 0.252 e. The maximum atomic E-state index is 12.9. The van der Waals surface area contributed by atoms with Crippen molar-refractivity contribution in [3.05, 3.63) is 107 Å². The summed E-state index contributed by atoms with van der Waals surface area (Å²) in [7, 11) is 0. The van der Waals surface area contributed by atoms with Crippen molar-refractivity contribution in [1.82, 2.24) is 10.3 Å². The fraction of sp³-hybridized carbons (Fsp3) is 0.120. The van der Waals surface area contributed by atoms with Gasteiger partial charge in [0.05, 0.1) is 11.1 Å². The van der Waals surface area contributed by atoms with Crippen molar-refractivity contribution in [1.29, 1.82) is 0 Å². The van der Waals surface area contributed by atoms with E-state index in [4.69, 9.17) is 4.74 Å². The van der Waals surface area contributed by atoms with Crippen molar-refractivity contribution < 1.29 is 9.53 Å². The molecule has 0 aliphatic carbocycles. The van der Waals surface area contributed by atoms with Crippen LogP contribution in [0.15, 0.2) is 84.9 Å². The average molecular weight is 382 g/mol. The molecule has 1 heterocycles. The molecule has 0 atom stereocenters. The fourth-order valence-corrected chi connectivity index (χ4v) is 3.24. The summed E-state index contributed by atoms with van der Waals surface area (Å²) in [5, 5.41) is 3.82. The van der Waals surface area contributed by atoms with Gasteiger partial charge in [-0.25, -0.2) is 4.98 Å². The minimum absolute atomic E-state index is 0.144. The number of ether oxygens (including phenoxy) is 1. The minimum Gasteiger partial charge on any atom is -0.473 e. The van der Waals surface area contributed by atoms with E-state index in [1.54, 1.807) is 6.07 Å². The number of nitrogens with zero attached hydrogens (tertiary/aromatic N) is 1. The molecule has 4 heteroatoms. The van der Waals surface area contributed by atoms with Crippen LogP contribution in [0.5, 0.6) is 5.88 Å². The van der Waals surface area contributed by atoms with Crippen molar-refractivity contribution in [3.8, 4) is 5.88 Å². The number of amides is 1. The second kappa shape index (κ2) is 8.57. The van der Waals surface area contributed by atoms with Gasteiger partial charge in [-0.2, -0.15) is 0 Å². The summed E-state index contributed by atoms with van der Waals surface area (Å²) < 4.78 is 5.88. The highest BCUT2D eigenvalue weighted by Gasteiger charge is 2.14. The van der Waals surface area contributed by atoms with Crippen LogP contribution in [0.2, 0.25) is 0 Å². The summed E-state index contributed by atoms with van der Waals surface area (Å²) in [5.41, 5.74) is 4.58. The lowest BCUT2D eigenvalue weighted by atomic mass is 10.1. The van der Waals surface area contributed by atoms with E-state index < -0.39 is 0 Å². The summed E-state index contributed by atoms with van der Waals surface area (Å²) in [6, 6.07) is 27.3. The Bertz CT molecular complexity index is 1140. The number of hydrogen-bond acceptors (Lipinski definition) is 3. The molecule has 0 bridgehead atoms. The van der Waals surface area contributed by atoms with Crippen LogP contribution in [-0.4, -0.2) is 10.9 Å². The number of carbonyl (C=O) groups excluding carboxylic acids is 1. The molecule has 0 saturated heterocycles. The molecular weight excluding hydrogens is 360 g/mol. The van der Waals surface area contributed by atoms with Gasteiger partial charge in [0.1, 0.15) is 6.61 Å². The second-order valence-corrected chi connectivity index (χ2v) is 6.97. The Balaban J connectivity index is 1.57. The van der Waals surface area contributed by atoms with Crippen LogP contribution in [0.25, 0.3) is 10.9 Å². The molecule has 0 saturated carbocycles. The quantitative estimate of drug-likeness (QED) is 0.508. The van der Waals surface area contributed by atoms with Crippen LogP contribution in [0, 0.1) is 6.92 Å². The minimum atomic E-state index is -0.144. The van der Waals surface area contributed by atoms with E-state index in [0.29, 0.717) is 24.6 Å². The number of para-hydroxylation sites is 1. The Labute approximate surface area is 170 Å². The number of fused-ring (bicyclic) bond motifs is 1. The number of benzene rings is 3. The van der Waals surface area contributed by atoms with Crippen molar-refractivity contribution in [3.63, 3.8) is 0 Å². The Hall–Kier alpha value is -3.66. The van der Waals surface area contributed by atoms with E-state index in [9.17, 15) is 4.79 Å². The standard InChI is InChI=1S/C25H22N2O2/c1-18-8-7-11-20(14-18)16-26-25(28)22-15-24(27-23-13-6-5-12-21(22)23)29-17-19-9-3-2-4-10-19/h2-15H,16-17H2,1H3,(H,26,28). The van der Waals surface area contributed by atoms with E-state index in [1.807, 2.05) is 79.7 Å². The van der Waals surface area contributed by atoms with Crippen LogP contribution >= 0.6 is 0 Å². The van der Waals surface area contributed by atoms with Crippen molar-refractivity contribution >= 4 is 16.8 Å². The molecule has 3 aromatic carbocycles. The van der Waals surface area contributed by atoms with Crippen LogP contribution in [0.3, 0.4) is 0 Å². The lowest BCUT2D eigenvalue weighted by Crippen LogP contribution is -2.23. The number of aryl methyl sites for hydroxylation is 1. The summed E-state index contributed by atoms with van der Waals surface area (Å²) in [6.45, 7) is 2.91. The number of aromatic nitrogens is 1. The smallest absolute Gasteiger partial charge is 0.252 e. The Morgan fingerprint density at radius 3 is 2.48 bits per heavy atom. The molecular formula is C25H22N2O2. The number of pyridine rings is 1. The summed E-state index contributed by atoms with van der Waals surface area (Å²) >= 11 is 0. The van der Waals surface area contributed by atoms with Gasteiger partial charge in [-0.15, -0.1) is 0 Å². The number of nitrogens with one attached hydrogen (secondary N) is 1. The second-order valence-electron chi connectivity index (χ2n) is 6.97. The number of rotatable bonds is 6. The predicted octanol–water partition coefficient (Wildman–Crippen LogP) is 5.05. The topological polar surface area (TPSA) is 51.2 Å². The lowest BCUT2D eigenvalue weighted by molar-refractivity contribution is 0.0952. The van der Waals surface area contributed by atoms with E-state index in [1.165, 1.54) is 5.56 Å². The van der Waals surface area contributed by atoms with E-state index in [2.05, 4.69) is 16.4 Å². The molecule has 0 aliphatic rings. The van der Waals surface area contributed by atoms with Gasteiger partial charge in [-0.3, -0.25) is 4.79 Å². The first-order chi connectivity index (χ1) is 14.2. The molecule has 4 nitrogen and oxygen atoms in total. The molecule has 29 heavy (non-hydrogen) atoms. The SMILES string of the molecule is Cc1cccc(CNC(=O)c2cc(OCc3ccccc3)nc3ccccc23)c1. The zero-order valence-electron chi connectivity index (χ0n) is 16.3. The average Bonchev–Trinajstić information content (AvgIpc) is 2.76. The van der Waals surface area contributed by atoms with Crippen LogP contribution in [0.4, 0.5) is 0 Å². The predicted molar refractivity (Wildman–Crippen MR) is 115 cm³/mol. The highest BCUT2D eigenvalue weighted by molar-refractivity contribution is 6.06. The van der Waals surface area contributed by atoms with Gasteiger partial charge in [-0.1, -0.05) is 78.4 Å². The Morgan fingerprint density at radius 2 is 1.66 bits per heavy atom. The lowest BCUT2D eigenvalue weighted by Gasteiger charge is -2.12. The van der Waals surface area contributed by atoms with Gasteiger partial charge < -0.3 is 10.1 Å². The maximum absolute atomic E-state index is 12.9. The molecule has 0 spiro atoms. The normalized spacial score (nSPS) is 10.7. The van der Waals surface area contributed by atoms with Gasteiger partial charge in [0.15, 0.2) is 0 Å².